The largest absolute Gasteiger partial charge is 0.394 e. The summed E-state index contributed by atoms with van der Waals surface area (Å²) in [6.07, 6.45) is 1.56. The number of aliphatic imine (C=N–C) groups is 1. The molecule has 1 aliphatic rings. The molecule has 3 heterocycles. The topological polar surface area (TPSA) is 109 Å². The Kier molecular flexibility index (Phi) is 4.44. The molecule has 2 aromatic rings. The van der Waals surface area contributed by atoms with Crippen LogP contribution in [0, 0.1) is 0 Å². The van der Waals surface area contributed by atoms with Gasteiger partial charge in [-0.25, -0.2) is 9.67 Å². The number of fused-ring (bicyclic) bond motifs is 1. The Morgan fingerprint density at radius 3 is 2.96 bits per heavy atom. The summed E-state index contributed by atoms with van der Waals surface area (Å²) in [5, 5.41) is 24.0. The smallest absolute Gasteiger partial charge is 0.226 e. The van der Waals surface area contributed by atoms with E-state index in [1.54, 1.807) is 17.4 Å². The summed E-state index contributed by atoms with van der Waals surface area (Å²) in [5.41, 5.74) is 0.465. The van der Waals surface area contributed by atoms with Crippen molar-refractivity contribution in [3.8, 4) is 0 Å². The molecule has 0 aliphatic carbocycles. The van der Waals surface area contributed by atoms with Crippen molar-refractivity contribution in [2.24, 2.45) is 4.99 Å². The predicted molar refractivity (Wildman–Crippen MR) is 83.8 cm³/mol. The van der Waals surface area contributed by atoms with Crippen LogP contribution in [-0.2, 0) is 4.74 Å². The molecule has 0 spiro atoms. The van der Waals surface area contributed by atoms with Crippen LogP contribution in [0.25, 0.3) is 11.0 Å². The van der Waals surface area contributed by atoms with Gasteiger partial charge in [-0.2, -0.15) is 15.1 Å². The zero-order valence-corrected chi connectivity index (χ0v) is 13.4. The first-order valence-corrected chi connectivity index (χ1v) is 7.43. The summed E-state index contributed by atoms with van der Waals surface area (Å²) < 4.78 is 7.13. The van der Waals surface area contributed by atoms with Crippen LogP contribution in [-0.4, -0.2) is 74.1 Å². The molecule has 10 heteroatoms. The van der Waals surface area contributed by atoms with E-state index in [1.165, 1.54) is 4.68 Å². The third-order valence-electron chi connectivity index (χ3n) is 3.47. The molecular formula is C13H17ClN6O3. The Labute approximate surface area is 137 Å². The molecule has 1 saturated heterocycles. The van der Waals surface area contributed by atoms with Gasteiger partial charge >= 0.3 is 0 Å². The van der Waals surface area contributed by atoms with Gasteiger partial charge in [-0.3, -0.25) is 0 Å². The summed E-state index contributed by atoms with van der Waals surface area (Å²) in [6, 6.07) is 0. The number of ether oxygens (including phenoxy) is 1. The summed E-state index contributed by atoms with van der Waals surface area (Å²) >= 11 is 5.98. The predicted octanol–water partition coefficient (Wildman–Crippen LogP) is 0.342. The second-order valence-electron chi connectivity index (χ2n) is 5.47. The lowest BCUT2D eigenvalue weighted by atomic mass is 10.2. The van der Waals surface area contributed by atoms with Crippen molar-refractivity contribution in [3.05, 3.63) is 11.5 Å². The van der Waals surface area contributed by atoms with Gasteiger partial charge in [0.05, 0.1) is 30.6 Å². The number of aliphatic hydroxyl groups is 2. The van der Waals surface area contributed by atoms with E-state index < -0.39 is 18.4 Å². The number of halogens is 1. The molecule has 0 radical (unpaired) electrons. The van der Waals surface area contributed by atoms with Crippen LogP contribution in [0.1, 0.15) is 12.6 Å². The molecule has 0 unspecified atom stereocenters. The maximum absolute atomic E-state index is 9.87. The van der Waals surface area contributed by atoms with E-state index in [-0.39, 0.29) is 11.9 Å². The van der Waals surface area contributed by atoms with Crippen LogP contribution in [0.4, 0.5) is 5.82 Å². The fraction of sp³-hybridized carbons (Fsp3) is 0.538. The van der Waals surface area contributed by atoms with Gasteiger partial charge in [0.2, 0.25) is 5.28 Å². The number of nitrogens with zero attached hydrogens (tertiary/aromatic N) is 6. The highest BCUT2D eigenvalue weighted by Crippen LogP contribution is 2.32. The Bertz CT molecular complexity index is 734. The van der Waals surface area contributed by atoms with Crippen molar-refractivity contribution in [1.82, 2.24) is 24.6 Å². The minimum absolute atomic E-state index is 0.0439. The Hall–Kier alpha value is -1.81. The highest BCUT2D eigenvalue weighted by Gasteiger charge is 2.36. The summed E-state index contributed by atoms with van der Waals surface area (Å²) in [5.74, 6) is 0.400. The van der Waals surface area contributed by atoms with Gasteiger partial charge in [-0.1, -0.05) is 0 Å². The van der Waals surface area contributed by atoms with Gasteiger partial charge in [0.1, 0.15) is 6.10 Å². The standard InChI is InChI=1S/C13H17ClN6O3/c1-19(2)6-15-11-7-4-16-20(12(7)18-13(14)17-11)10-3-8(22)9(5-21)23-10/h4,6,8-10,21-22H,3,5H2,1-2H3/b15-6+/t8-,9+,10+/m0/s1. The molecular weight excluding hydrogens is 324 g/mol. The Morgan fingerprint density at radius 1 is 1.52 bits per heavy atom. The highest BCUT2D eigenvalue weighted by atomic mass is 35.5. The van der Waals surface area contributed by atoms with E-state index in [0.717, 1.165) is 0 Å². The average molecular weight is 341 g/mol. The summed E-state index contributed by atoms with van der Waals surface area (Å²) in [7, 11) is 3.69. The molecule has 0 amide bonds. The molecule has 3 atom stereocenters. The van der Waals surface area contributed by atoms with Gasteiger partial charge in [0.15, 0.2) is 17.7 Å². The number of aromatic nitrogens is 4. The molecule has 23 heavy (non-hydrogen) atoms. The Balaban J connectivity index is 2.01. The molecule has 3 rings (SSSR count). The van der Waals surface area contributed by atoms with Gasteiger partial charge in [0, 0.05) is 20.5 Å². The maximum Gasteiger partial charge on any atom is 0.226 e. The zero-order chi connectivity index (χ0) is 16.6. The molecule has 124 valence electrons. The zero-order valence-electron chi connectivity index (χ0n) is 12.7. The molecule has 0 aromatic carbocycles. The number of hydrogen-bond acceptors (Lipinski definition) is 7. The van der Waals surface area contributed by atoms with Crippen LogP contribution in [0.5, 0.6) is 0 Å². The van der Waals surface area contributed by atoms with Gasteiger partial charge in [0.25, 0.3) is 0 Å². The van der Waals surface area contributed by atoms with Crippen molar-refractivity contribution in [1.29, 1.82) is 0 Å². The molecule has 1 fully saturated rings. The number of hydrogen-bond donors (Lipinski definition) is 2. The second-order valence-corrected chi connectivity index (χ2v) is 5.80. The minimum atomic E-state index is -0.757. The van der Waals surface area contributed by atoms with Crippen LogP contribution in [0.3, 0.4) is 0 Å². The Morgan fingerprint density at radius 2 is 2.30 bits per heavy atom. The fourth-order valence-corrected chi connectivity index (χ4v) is 2.55. The van der Waals surface area contributed by atoms with E-state index in [9.17, 15) is 10.2 Å². The monoisotopic (exact) mass is 340 g/mol. The lowest BCUT2D eigenvalue weighted by Gasteiger charge is -2.13. The molecule has 1 aliphatic heterocycles. The van der Waals surface area contributed by atoms with E-state index in [1.807, 2.05) is 14.1 Å². The van der Waals surface area contributed by atoms with Gasteiger partial charge < -0.3 is 19.8 Å². The van der Waals surface area contributed by atoms with E-state index in [4.69, 9.17) is 16.3 Å². The molecule has 2 N–H and O–H groups in total. The van der Waals surface area contributed by atoms with Crippen LogP contribution < -0.4 is 0 Å². The van der Waals surface area contributed by atoms with E-state index >= 15 is 0 Å². The van der Waals surface area contributed by atoms with Crippen LogP contribution >= 0.6 is 11.6 Å². The second kappa shape index (κ2) is 6.36. The van der Waals surface area contributed by atoms with Crippen molar-refractivity contribution in [2.45, 2.75) is 24.9 Å². The van der Waals surface area contributed by atoms with Crippen molar-refractivity contribution < 1.29 is 14.9 Å². The van der Waals surface area contributed by atoms with Crippen LogP contribution in [0.15, 0.2) is 11.2 Å². The van der Waals surface area contributed by atoms with E-state index in [0.29, 0.717) is 23.3 Å². The normalized spacial score (nSPS) is 24.8. The number of aliphatic hydroxyl groups excluding tert-OH is 2. The lowest BCUT2D eigenvalue weighted by Crippen LogP contribution is -2.24. The fourth-order valence-electron chi connectivity index (χ4n) is 2.39. The first kappa shape index (κ1) is 16.1. The summed E-state index contributed by atoms with van der Waals surface area (Å²) in [6.45, 7) is -0.259. The van der Waals surface area contributed by atoms with Crippen LogP contribution in [0.2, 0.25) is 5.28 Å². The minimum Gasteiger partial charge on any atom is -0.394 e. The molecule has 0 saturated carbocycles. The third-order valence-corrected chi connectivity index (χ3v) is 3.64. The van der Waals surface area contributed by atoms with Crippen molar-refractivity contribution >= 4 is 34.8 Å². The highest BCUT2D eigenvalue weighted by molar-refractivity contribution is 6.28. The average Bonchev–Trinajstić information content (AvgIpc) is 3.07. The van der Waals surface area contributed by atoms with E-state index in [2.05, 4.69) is 20.1 Å². The number of rotatable bonds is 4. The molecule has 9 nitrogen and oxygen atoms in total. The molecule has 0 bridgehead atoms. The third kappa shape index (κ3) is 3.13. The van der Waals surface area contributed by atoms with Crippen molar-refractivity contribution in [3.63, 3.8) is 0 Å². The molecule has 2 aromatic heterocycles. The summed E-state index contributed by atoms with van der Waals surface area (Å²) in [4.78, 5) is 14.3. The van der Waals surface area contributed by atoms with Gasteiger partial charge in [-0.15, -0.1) is 0 Å². The SMILES string of the molecule is CN(C)/C=N/c1nc(Cl)nc2c1cnn2[C@H]1C[C@H](O)[C@@H](CO)O1. The van der Waals surface area contributed by atoms with Gasteiger partial charge in [-0.05, 0) is 11.6 Å². The lowest BCUT2D eigenvalue weighted by molar-refractivity contribution is -0.0470. The maximum atomic E-state index is 9.87. The quantitative estimate of drug-likeness (QED) is 0.469. The first-order chi connectivity index (χ1) is 11.0. The first-order valence-electron chi connectivity index (χ1n) is 7.05. The van der Waals surface area contributed by atoms with Crippen molar-refractivity contribution in [2.75, 3.05) is 20.7 Å².